The number of amides is 1. The number of carbonyl (C=O) groups is 1. The second kappa shape index (κ2) is 4.74. The first-order chi connectivity index (χ1) is 9.16. The summed E-state index contributed by atoms with van der Waals surface area (Å²) in [6.07, 6.45) is 2.54. The van der Waals surface area contributed by atoms with E-state index in [1.807, 2.05) is 0 Å². The first-order valence-electron chi connectivity index (χ1n) is 6.71. The molecular formula is C14H18N2O3. The van der Waals surface area contributed by atoms with Crippen LogP contribution in [-0.4, -0.2) is 58.1 Å². The molecule has 2 fully saturated rings. The van der Waals surface area contributed by atoms with Gasteiger partial charge in [0.15, 0.2) is 0 Å². The van der Waals surface area contributed by atoms with Crippen LogP contribution in [0.2, 0.25) is 0 Å². The number of phenols is 2. The lowest BCUT2D eigenvalue weighted by atomic mass is 10.1. The van der Waals surface area contributed by atoms with Crippen LogP contribution in [0.5, 0.6) is 11.5 Å². The van der Waals surface area contributed by atoms with Gasteiger partial charge >= 0.3 is 0 Å². The van der Waals surface area contributed by atoms with Crippen molar-refractivity contribution in [3.63, 3.8) is 0 Å². The number of phenolic OH excluding ortho intramolecular Hbond substituents is 2. The zero-order chi connectivity index (χ0) is 13.4. The molecule has 3 rings (SSSR count). The topological polar surface area (TPSA) is 64.0 Å². The SMILES string of the molecule is O=C(c1c(O)cccc1O)N1CCN(C2CC2)CC1. The van der Waals surface area contributed by atoms with Crippen molar-refractivity contribution >= 4 is 5.91 Å². The standard InChI is InChI=1S/C14H18N2O3/c17-11-2-1-3-12(18)13(11)14(19)16-8-6-15(7-9-16)10-4-5-10/h1-3,10,17-18H,4-9H2. The van der Waals surface area contributed by atoms with Gasteiger partial charge in [0.1, 0.15) is 17.1 Å². The van der Waals surface area contributed by atoms with Gasteiger partial charge in [-0.25, -0.2) is 0 Å². The van der Waals surface area contributed by atoms with E-state index in [0.717, 1.165) is 19.1 Å². The Balaban J connectivity index is 1.70. The summed E-state index contributed by atoms with van der Waals surface area (Å²) in [6.45, 7) is 3.07. The van der Waals surface area contributed by atoms with Gasteiger partial charge in [-0.05, 0) is 25.0 Å². The van der Waals surface area contributed by atoms with Crippen LogP contribution in [0.15, 0.2) is 18.2 Å². The Morgan fingerprint density at radius 2 is 1.63 bits per heavy atom. The van der Waals surface area contributed by atoms with E-state index in [4.69, 9.17) is 0 Å². The molecule has 2 N–H and O–H groups in total. The van der Waals surface area contributed by atoms with Crippen molar-refractivity contribution in [3.05, 3.63) is 23.8 Å². The summed E-state index contributed by atoms with van der Waals surface area (Å²) in [5.74, 6) is -0.602. The zero-order valence-corrected chi connectivity index (χ0v) is 10.7. The molecule has 1 aliphatic heterocycles. The van der Waals surface area contributed by atoms with Crippen LogP contribution in [0, 0.1) is 0 Å². The zero-order valence-electron chi connectivity index (χ0n) is 10.7. The first-order valence-corrected chi connectivity index (χ1v) is 6.71. The number of benzene rings is 1. The van der Waals surface area contributed by atoms with Crippen LogP contribution in [0.3, 0.4) is 0 Å². The van der Waals surface area contributed by atoms with E-state index >= 15 is 0 Å². The van der Waals surface area contributed by atoms with Crippen molar-refractivity contribution in [2.24, 2.45) is 0 Å². The average molecular weight is 262 g/mol. The Morgan fingerprint density at radius 3 is 2.16 bits per heavy atom. The molecule has 1 aromatic rings. The van der Waals surface area contributed by atoms with Gasteiger partial charge in [0.2, 0.25) is 0 Å². The molecule has 5 heteroatoms. The monoisotopic (exact) mass is 262 g/mol. The predicted molar refractivity (Wildman–Crippen MR) is 70.3 cm³/mol. The third-order valence-corrected chi connectivity index (χ3v) is 3.90. The van der Waals surface area contributed by atoms with E-state index in [0.29, 0.717) is 13.1 Å². The maximum atomic E-state index is 12.3. The second-order valence-electron chi connectivity index (χ2n) is 5.23. The highest BCUT2D eigenvalue weighted by Gasteiger charge is 2.33. The van der Waals surface area contributed by atoms with Crippen LogP contribution in [0.4, 0.5) is 0 Å². The summed E-state index contributed by atoms with van der Waals surface area (Å²) in [7, 11) is 0. The number of rotatable bonds is 2. The van der Waals surface area contributed by atoms with Gasteiger partial charge in [0, 0.05) is 32.2 Å². The van der Waals surface area contributed by atoms with Crippen LogP contribution < -0.4 is 0 Å². The Bertz CT molecular complexity index is 471. The molecule has 5 nitrogen and oxygen atoms in total. The molecular weight excluding hydrogens is 244 g/mol. The van der Waals surface area contributed by atoms with Crippen molar-refractivity contribution in [3.8, 4) is 11.5 Å². The molecule has 102 valence electrons. The van der Waals surface area contributed by atoms with E-state index in [-0.39, 0.29) is 23.0 Å². The molecule has 0 bridgehead atoms. The van der Waals surface area contributed by atoms with Crippen LogP contribution in [0.25, 0.3) is 0 Å². The largest absolute Gasteiger partial charge is 0.507 e. The number of hydrogen-bond acceptors (Lipinski definition) is 4. The minimum atomic E-state index is -0.286. The highest BCUT2D eigenvalue weighted by molar-refractivity contribution is 5.99. The highest BCUT2D eigenvalue weighted by atomic mass is 16.3. The van der Waals surface area contributed by atoms with Gasteiger partial charge < -0.3 is 15.1 Å². The van der Waals surface area contributed by atoms with E-state index < -0.39 is 0 Å². The molecule has 1 saturated heterocycles. The number of piperazine rings is 1. The molecule has 1 saturated carbocycles. The van der Waals surface area contributed by atoms with Gasteiger partial charge in [-0.1, -0.05) is 6.07 Å². The fourth-order valence-electron chi connectivity index (χ4n) is 2.64. The third kappa shape index (κ3) is 2.38. The lowest BCUT2D eigenvalue weighted by Gasteiger charge is -2.35. The summed E-state index contributed by atoms with van der Waals surface area (Å²) in [4.78, 5) is 16.4. The molecule has 19 heavy (non-hydrogen) atoms. The number of aromatic hydroxyl groups is 2. The van der Waals surface area contributed by atoms with Crippen LogP contribution >= 0.6 is 0 Å². The van der Waals surface area contributed by atoms with Gasteiger partial charge in [-0.2, -0.15) is 0 Å². The minimum absolute atomic E-state index is 0.0161. The maximum absolute atomic E-state index is 12.3. The highest BCUT2D eigenvalue weighted by Crippen LogP contribution is 2.30. The quantitative estimate of drug-likeness (QED) is 0.835. The summed E-state index contributed by atoms with van der Waals surface area (Å²) in [5, 5.41) is 19.4. The molecule has 2 aliphatic rings. The summed E-state index contributed by atoms with van der Waals surface area (Å²) in [5.41, 5.74) is 0.0161. The lowest BCUT2D eigenvalue weighted by Crippen LogP contribution is -2.49. The maximum Gasteiger partial charge on any atom is 0.261 e. The number of hydrogen-bond donors (Lipinski definition) is 2. The molecule has 0 aromatic heterocycles. The normalized spacial score (nSPS) is 20.5. The molecule has 0 radical (unpaired) electrons. The predicted octanol–water partition coefficient (Wildman–Crippen LogP) is 1.02. The molecule has 1 heterocycles. The van der Waals surface area contributed by atoms with Crippen molar-refractivity contribution in [1.82, 2.24) is 9.80 Å². The van der Waals surface area contributed by atoms with Crippen LogP contribution in [0.1, 0.15) is 23.2 Å². The van der Waals surface area contributed by atoms with E-state index in [9.17, 15) is 15.0 Å². The van der Waals surface area contributed by atoms with Crippen molar-refractivity contribution in [2.75, 3.05) is 26.2 Å². The molecule has 1 aliphatic carbocycles. The van der Waals surface area contributed by atoms with E-state index in [1.54, 1.807) is 4.90 Å². The third-order valence-electron chi connectivity index (χ3n) is 3.90. The summed E-state index contributed by atoms with van der Waals surface area (Å²) in [6, 6.07) is 5.09. The second-order valence-corrected chi connectivity index (χ2v) is 5.23. The smallest absolute Gasteiger partial charge is 0.261 e. The van der Waals surface area contributed by atoms with Gasteiger partial charge in [0.25, 0.3) is 5.91 Å². The Hall–Kier alpha value is -1.75. The van der Waals surface area contributed by atoms with E-state index in [2.05, 4.69) is 4.90 Å². The van der Waals surface area contributed by atoms with E-state index in [1.165, 1.54) is 31.0 Å². The van der Waals surface area contributed by atoms with Gasteiger partial charge in [-0.15, -0.1) is 0 Å². The summed E-state index contributed by atoms with van der Waals surface area (Å²) >= 11 is 0. The Labute approximate surface area is 112 Å². The Kier molecular flexibility index (Phi) is 3.06. The van der Waals surface area contributed by atoms with Gasteiger partial charge in [-0.3, -0.25) is 9.69 Å². The van der Waals surface area contributed by atoms with Crippen molar-refractivity contribution < 1.29 is 15.0 Å². The molecule has 0 atom stereocenters. The van der Waals surface area contributed by atoms with Crippen LogP contribution in [-0.2, 0) is 0 Å². The molecule has 0 spiro atoms. The molecule has 1 amide bonds. The lowest BCUT2D eigenvalue weighted by molar-refractivity contribution is 0.0621. The molecule has 1 aromatic carbocycles. The minimum Gasteiger partial charge on any atom is -0.507 e. The fourth-order valence-corrected chi connectivity index (χ4v) is 2.64. The Morgan fingerprint density at radius 1 is 1.05 bits per heavy atom. The van der Waals surface area contributed by atoms with Crippen molar-refractivity contribution in [1.29, 1.82) is 0 Å². The molecule has 0 unspecified atom stereocenters. The number of nitrogens with zero attached hydrogens (tertiary/aromatic N) is 2. The van der Waals surface area contributed by atoms with Crippen molar-refractivity contribution in [2.45, 2.75) is 18.9 Å². The van der Waals surface area contributed by atoms with Gasteiger partial charge in [0.05, 0.1) is 0 Å². The first kappa shape index (κ1) is 12.3. The fraction of sp³-hybridized carbons (Fsp3) is 0.500. The number of carbonyl (C=O) groups excluding carboxylic acids is 1. The summed E-state index contributed by atoms with van der Waals surface area (Å²) < 4.78 is 0. The average Bonchev–Trinajstić information content (AvgIpc) is 3.23.